The average Bonchev–Trinajstić information content (AvgIpc) is 3.47. The second kappa shape index (κ2) is 23.4. The molecule has 0 aromatic rings. The summed E-state index contributed by atoms with van der Waals surface area (Å²) in [6.45, 7) is 4.69. The van der Waals surface area contributed by atoms with E-state index in [4.69, 9.17) is 18.9 Å². The van der Waals surface area contributed by atoms with E-state index in [1.165, 1.54) is 38.2 Å². The SMILES string of the molecule is CC(=O)N[C@H]1C(O[C@@H]2O[C@H](C[C@@H](O)[C@H]3O[C@@H](N4CCC(=O)NC4=O)[C@H](O)[C@@H]3O)[C@@H](O)[C@H](O)[C@H]2NC(=O)/C=C/CCCCCCCCCCC(C)C)OC(CO)[C@@H](O)[C@@H]1O. The van der Waals surface area contributed by atoms with E-state index in [9.17, 15) is 60.0 Å². The molecule has 4 heterocycles. The molecule has 4 saturated heterocycles. The van der Waals surface area contributed by atoms with Crippen LogP contribution in [0.3, 0.4) is 0 Å². The summed E-state index contributed by atoms with van der Waals surface area (Å²) < 4.78 is 23.4. The number of carbonyl (C=O) groups excluding carboxylic acids is 4. The van der Waals surface area contributed by atoms with Gasteiger partial charge in [0.25, 0.3) is 0 Å². The van der Waals surface area contributed by atoms with Crippen molar-refractivity contribution in [3.05, 3.63) is 12.2 Å². The third-order valence-corrected chi connectivity index (χ3v) is 11.2. The first kappa shape index (κ1) is 48.8. The van der Waals surface area contributed by atoms with Crippen molar-refractivity contribution in [2.45, 2.75) is 190 Å². The van der Waals surface area contributed by atoms with Crippen molar-refractivity contribution < 1.29 is 79.0 Å². The molecular formula is C39H66N4O16. The monoisotopic (exact) mass is 846 g/mol. The van der Waals surface area contributed by atoms with Crippen molar-refractivity contribution >= 4 is 23.8 Å². The molecule has 20 heteroatoms. The molecule has 4 rings (SSSR count). The maximum Gasteiger partial charge on any atom is 0.326 e. The number of hydrogen-bond acceptors (Lipinski definition) is 16. The largest absolute Gasteiger partial charge is 0.394 e. The number of rotatable bonds is 21. The Morgan fingerprint density at radius 3 is 1.98 bits per heavy atom. The highest BCUT2D eigenvalue weighted by Gasteiger charge is 2.54. The van der Waals surface area contributed by atoms with Crippen LogP contribution in [0.25, 0.3) is 0 Å². The minimum absolute atomic E-state index is 0.0992. The number of nitrogens with one attached hydrogen (secondary N) is 3. The number of imide groups is 1. The van der Waals surface area contributed by atoms with Crippen LogP contribution in [0.2, 0.25) is 0 Å². The molecule has 2 unspecified atom stereocenters. The number of allylic oxidation sites excluding steroid dienone is 1. The topological polar surface area (TPSA) is 306 Å². The first-order chi connectivity index (χ1) is 28.0. The highest BCUT2D eigenvalue weighted by atomic mass is 16.8. The van der Waals surface area contributed by atoms with E-state index in [-0.39, 0.29) is 13.0 Å². The molecule has 15 atom stereocenters. The molecule has 59 heavy (non-hydrogen) atoms. The van der Waals surface area contributed by atoms with Crippen molar-refractivity contribution in [3.8, 4) is 0 Å². The van der Waals surface area contributed by atoms with Crippen LogP contribution in [0.4, 0.5) is 4.79 Å². The molecule has 11 N–H and O–H groups in total. The summed E-state index contributed by atoms with van der Waals surface area (Å²) in [6.07, 6.45) is -8.44. The summed E-state index contributed by atoms with van der Waals surface area (Å²) >= 11 is 0. The van der Waals surface area contributed by atoms with Crippen molar-refractivity contribution in [3.63, 3.8) is 0 Å². The number of ether oxygens (including phenoxy) is 4. The second-order valence-electron chi connectivity index (χ2n) is 16.4. The Bertz CT molecular complexity index is 1390. The number of carbonyl (C=O) groups is 4. The van der Waals surface area contributed by atoms with Gasteiger partial charge in [-0.15, -0.1) is 0 Å². The first-order valence-electron chi connectivity index (χ1n) is 20.9. The standard InChI is InChI=1S/C39H66N4O16/c1-20(2)14-12-10-8-6-4-5-7-9-11-13-15-25(47)41-28-32(52)29(49)23(56-38(28)59-37-27(40-21(3)45)31(51)30(50)24(19-44)57-37)18-22(46)35-33(53)34(54)36(58-35)43-17-16-26(48)42-39(43)55/h13,15,20,22-24,27-38,44,46,49-54H,4-12,14,16-19H2,1-3H3,(H,40,45)(H,41,47)(H,42,48,55)/b15-13+/t22-,23-,24?,27-,28-,29-,30-,31-,32-,33+,34-,35-,36-,37?,38+/m1/s1. The zero-order valence-corrected chi connectivity index (χ0v) is 34.1. The highest BCUT2D eigenvalue weighted by Crippen LogP contribution is 2.33. The van der Waals surface area contributed by atoms with Gasteiger partial charge < -0.3 is 70.4 Å². The Morgan fingerprint density at radius 1 is 0.814 bits per heavy atom. The molecule has 338 valence electrons. The molecule has 5 amide bonds. The fourth-order valence-corrected chi connectivity index (χ4v) is 7.85. The number of hydrogen-bond donors (Lipinski definition) is 11. The molecule has 4 aliphatic rings. The maximum atomic E-state index is 13.2. The molecule has 0 bridgehead atoms. The fraction of sp³-hybridized carbons (Fsp3) is 0.846. The molecule has 20 nitrogen and oxygen atoms in total. The lowest BCUT2D eigenvalue weighted by atomic mass is 9.91. The minimum Gasteiger partial charge on any atom is -0.394 e. The van der Waals surface area contributed by atoms with Gasteiger partial charge in [-0.05, 0) is 24.8 Å². The molecule has 0 spiro atoms. The van der Waals surface area contributed by atoms with Gasteiger partial charge in [0, 0.05) is 26.3 Å². The van der Waals surface area contributed by atoms with Crippen LogP contribution in [0.15, 0.2) is 12.2 Å². The normalized spacial score (nSPS) is 35.9. The number of aliphatic hydroxyl groups is 8. The van der Waals surface area contributed by atoms with Gasteiger partial charge in [-0.2, -0.15) is 0 Å². The molecule has 0 radical (unpaired) electrons. The summed E-state index contributed by atoms with van der Waals surface area (Å²) in [7, 11) is 0. The van der Waals surface area contributed by atoms with Gasteiger partial charge in [-0.3, -0.25) is 24.6 Å². The fourth-order valence-electron chi connectivity index (χ4n) is 7.85. The van der Waals surface area contributed by atoms with Crippen LogP contribution in [0.1, 0.15) is 97.8 Å². The van der Waals surface area contributed by atoms with Crippen molar-refractivity contribution in [1.29, 1.82) is 0 Å². The van der Waals surface area contributed by atoms with Crippen LogP contribution in [0.5, 0.6) is 0 Å². The van der Waals surface area contributed by atoms with Gasteiger partial charge in [0.1, 0.15) is 60.9 Å². The number of unbranched alkanes of at least 4 members (excludes halogenated alkanes) is 8. The number of nitrogens with zero attached hydrogens (tertiary/aromatic N) is 1. The van der Waals surface area contributed by atoms with E-state index in [0.29, 0.717) is 6.42 Å². The van der Waals surface area contributed by atoms with Crippen LogP contribution < -0.4 is 16.0 Å². The molecule has 0 aromatic carbocycles. The van der Waals surface area contributed by atoms with Crippen molar-refractivity contribution in [1.82, 2.24) is 20.9 Å². The van der Waals surface area contributed by atoms with Gasteiger partial charge in [-0.25, -0.2) is 4.79 Å². The Morgan fingerprint density at radius 2 is 1.39 bits per heavy atom. The number of aliphatic hydroxyl groups excluding tert-OH is 8. The Labute approximate surface area is 344 Å². The predicted molar refractivity (Wildman–Crippen MR) is 205 cm³/mol. The van der Waals surface area contributed by atoms with Gasteiger partial charge >= 0.3 is 6.03 Å². The van der Waals surface area contributed by atoms with Crippen LogP contribution >= 0.6 is 0 Å². The van der Waals surface area contributed by atoms with E-state index >= 15 is 0 Å². The van der Waals surface area contributed by atoms with Gasteiger partial charge in [0.2, 0.25) is 17.7 Å². The van der Waals surface area contributed by atoms with Crippen LogP contribution in [-0.2, 0) is 33.3 Å². The first-order valence-corrected chi connectivity index (χ1v) is 20.9. The number of urea groups is 1. The quantitative estimate of drug-likeness (QED) is 0.0446. The third kappa shape index (κ3) is 13.6. The van der Waals surface area contributed by atoms with E-state index in [1.807, 2.05) is 0 Å². The van der Waals surface area contributed by atoms with E-state index in [2.05, 4.69) is 29.8 Å². The highest BCUT2D eigenvalue weighted by molar-refractivity contribution is 5.96. The third-order valence-electron chi connectivity index (χ3n) is 11.2. The van der Waals surface area contributed by atoms with Gasteiger partial charge in [-0.1, -0.05) is 71.3 Å². The maximum absolute atomic E-state index is 13.2. The molecule has 0 aliphatic carbocycles. The smallest absolute Gasteiger partial charge is 0.326 e. The second-order valence-corrected chi connectivity index (χ2v) is 16.4. The lowest BCUT2D eigenvalue weighted by Gasteiger charge is -2.47. The zero-order valence-electron chi connectivity index (χ0n) is 34.1. The van der Waals surface area contributed by atoms with Crippen molar-refractivity contribution in [2.24, 2.45) is 5.92 Å². The molecule has 4 fully saturated rings. The van der Waals surface area contributed by atoms with Crippen molar-refractivity contribution in [2.75, 3.05) is 13.2 Å². The lowest BCUT2D eigenvalue weighted by Crippen LogP contribution is -2.68. The molecular weight excluding hydrogens is 780 g/mol. The van der Waals surface area contributed by atoms with E-state index < -0.39 is 129 Å². The van der Waals surface area contributed by atoms with Gasteiger partial charge in [0.05, 0.1) is 18.8 Å². The minimum atomic E-state index is -1.84. The summed E-state index contributed by atoms with van der Waals surface area (Å²) in [5, 5.41) is 93.6. The Hall–Kier alpha value is -2.86. The summed E-state index contributed by atoms with van der Waals surface area (Å²) in [6, 6.07) is -3.86. The van der Waals surface area contributed by atoms with Crippen LogP contribution in [0, 0.1) is 5.92 Å². The predicted octanol–water partition coefficient (Wildman–Crippen LogP) is -1.87. The number of amides is 5. The molecule has 0 aromatic heterocycles. The van der Waals surface area contributed by atoms with Gasteiger partial charge in [0.15, 0.2) is 18.8 Å². The average molecular weight is 847 g/mol. The van der Waals surface area contributed by atoms with E-state index in [0.717, 1.165) is 43.4 Å². The summed E-state index contributed by atoms with van der Waals surface area (Å²) in [5.41, 5.74) is 0. The lowest BCUT2D eigenvalue weighted by molar-refractivity contribution is -0.346. The summed E-state index contributed by atoms with van der Waals surface area (Å²) in [4.78, 5) is 50.3. The summed E-state index contributed by atoms with van der Waals surface area (Å²) in [5.74, 6) is -1.15. The molecule has 4 aliphatic heterocycles. The Balaban J connectivity index is 1.42. The van der Waals surface area contributed by atoms with Crippen LogP contribution in [-0.4, -0.2) is 175 Å². The van der Waals surface area contributed by atoms with E-state index in [1.54, 1.807) is 6.08 Å². The molecule has 0 saturated carbocycles. The zero-order chi connectivity index (χ0) is 43.4. The Kier molecular flexibility index (Phi) is 19.3.